The van der Waals surface area contributed by atoms with E-state index >= 15 is 0 Å². The zero-order valence-corrected chi connectivity index (χ0v) is 12.6. The fraction of sp³-hybridized carbons (Fsp3) is 0.786. The average Bonchev–Trinajstić information content (AvgIpc) is 2.93. The van der Waals surface area contributed by atoms with Gasteiger partial charge in [-0.1, -0.05) is 18.9 Å². The number of piperidine rings is 2. The van der Waals surface area contributed by atoms with Crippen LogP contribution in [0.1, 0.15) is 39.0 Å². The van der Waals surface area contributed by atoms with E-state index in [0.29, 0.717) is 42.9 Å². The zero-order chi connectivity index (χ0) is 14.8. The molecule has 0 aliphatic carbocycles. The van der Waals surface area contributed by atoms with Crippen LogP contribution in [0, 0.1) is 5.92 Å². The molecule has 2 aliphatic rings. The summed E-state index contributed by atoms with van der Waals surface area (Å²) in [6.07, 6.45) is 2.52. The predicted octanol–water partition coefficient (Wildman–Crippen LogP) is 0.673. The topological polar surface area (TPSA) is 83.3 Å². The van der Waals surface area contributed by atoms with Crippen molar-refractivity contribution in [2.45, 2.75) is 51.7 Å². The van der Waals surface area contributed by atoms with Crippen LogP contribution in [0.5, 0.6) is 0 Å². The average molecular weight is 293 g/mol. The van der Waals surface area contributed by atoms with Crippen LogP contribution in [0.4, 0.5) is 6.01 Å². The van der Waals surface area contributed by atoms with Crippen molar-refractivity contribution in [2.24, 2.45) is 5.92 Å². The number of aromatic nitrogens is 2. The Hall–Kier alpha value is -1.63. The molecule has 116 valence electrons. The largest absolute Gasteiger partial charge is 0.407 e. The second kappa shape index (κ2) is 6.01. The molecule has 7 heteroatoms. The van der Waals surface area contributed by atoms with Crippen molar-refractivity contribution >= 4 is 11.9 Å². The Morgan fingerprint density at radius 3 is 3.10 bits per heavy atom. The molecule has 1 aromatic heterocycles. The number of rotatable bonds is 4. The summed E-state index contributed by atoms with van der Waals surface area (Å²) in [6.45, 7) is 6.49. The Labute approximate surface area is 124 Å². The SMILES string of the molecule is CC(C)NCc1nnc(N2CCC3NC(=O)CCC3C2)o1. The molecule has 2 aliphatic heterocycles. The van der Waals surface area contributed by atoms with Gasteiger partial charge in [0.15, 0.2) is 0 Å². The van der Waals surface area contributed by atoms with Gasteiger partial charge < -0.3 is 20.0 Å². The Morgan fingerprint density at radius 1 is 1.43 bits per heavy atom. The minimum Gasteiger partial charge on any atom is -0.407 e. The highest BCUT2D eigenvalue weighted by Gasteiger charge is 2.35. The van der Waals surface area contributed by atoms with Crippen LogP contribution >= 0.6 is 0 Å². The Morgan fingerprint density at radius 2 is 2.29 bits per heavy atom. The van der Waals surface area contributed by atoms with Crippen molar-refractivity contribution < 1.29 is 9.21 Å². The summed E-state index contributed by atoms with van der Waals surface area (Å²) >= 11 is 0. The van der Waals surface area contributed by atoms with Gasteiger partial charge in [-0.05, 0) is 18.8 Å². The molecule has 0 saturated carbocycles. The van der Waals surface area contributed by atoms with E-state index in [4.69, 9.17) is 4.42 Å². The van der Waals surface area contributed by atoms with Crippen LogP contribution in [0.3, 0.4) is 0 Å². The number of carbonyl (C=O) groups excluding carboxylic acids is 1. The number of fused-ring (bicyclic) bond motifs is 1. The number of carbonyl (C=O) groups is 1. The second-order valence-corrected chi connectivity index (χ2v) is 6.22. The summed E-state index contributed by atoms with van der Waals surface area (Å²) in [5, 5.41) is 14.6. The van der Waals surface area contributed by atoms with Crippen molar-refractivity contribution in [3.05, 3.63) is 5.89 Å². The fourth-order valence-electron chi connectivity index (χ4n) is 3.02. The first-order valence-electron chi connectivity index (χ1n) is 7.72. The molecule has 2 fully saturated rings. The third kappa shape index (κ3) is 3.34. The molecule has 0 aromatic carbocycles. The summed E-state index contributed by atoms with van der Waals surface area (Å²) in [6, 6.07) is 1.31. The van der Waals surface area contributed by atoms with E-state index < -0.39 is 0 Å². The molecule has 0 radical (unpaired) electrons. The molecule has 2 atom stereocenters. The summed E-state index contributed by atoms with van der Waals surface area (Å²) in [5.41, 5.74) is 0. The van der Waals surface area contributed by atoms with Crippen LogP contribution in [0.15, 0.2) is 4.42 Å². The van der Waals surface area contributed by atoms with Crippen molar-refractivity contribution in [3.63, 3.8) is 0 Å². The minimum absolute atomic E-state index is 0.185. The van der Waals surface area contributed by atoms with Crippen molar-refractivity contribution in [1.82, 2.24) is 20.8 Å². The first-order chi connectivity index (χ1) is 10.1. The monoisotopic (exact) mass is 293 g/mol. The smallest absolute Gasteiger partial charge is 0.318 e. The van der Waals surface area contributed by atoms with Crippen LogP contribution in [0.25, 0.3) is 0 Å². The minimum atomic E-state index is 0.185. The van der Waals surface area contributed by atoms with E-state index in [1.54, 1.807) is 0 Å². The number of anilines is 1. The third-order valence-electron chi connectivity index (χ3n) is 4.21. The highest BCUT2D eigenvalue weighted by atomic mass is 16.4. The van der Waals surface area contributed by atoms with Gasteiger partial charge in [-0.2, -0.15) is 0 Å². The molecular formula is C14H23N5O2. The number of hydrogen-bond donors (Lipinski definition) is 2. The Balaban J connectivity index is 1.59. The van der Waals surface area contributed by atoms with E-state index in [1.807, 2.05) is 0 Å². The van der Waals surface area contributed by atoms with Gasteiger partial charge in [0.2, 0.25) is 11.8 Å². The molecular weight excluding hydrogens is 270 g/mol. The summed E-state index contributed by atoms with van der Waals surface area (Å²) in [5.74, 6) is 1.29. The molecule has 0 bridgehead atoms. The Kier molecular flexibility index (Phi) is 4.10. The van der Waals surface area contributed by atoms with E-state index in [1.165, 1.54) is 0 Å². The van der Waals surface area contributed by atoms with E-state index in [-0.39, 0.29) is 5.91 Å². The van der Waals surface area contributed by atoms with E-state index in [9.17, 15) is 4.79 Å². The number of hydrogen-bond acceptors (Lipinski definition) is 6. The molecule has 2 saturated heterocycles. The van der Waals surface area contributed by atoms with Gasteiger partial charge in [-0.3, -0.25) is 4.79 Å². The molecule has 1 aromatic rings. The molecule has 1 amide bonds. The highest BCUT2D eigenvalue weighted by Crippen LogP contribution is 2.28. The van der Waals surface area contributed by atoms with Crippen LogP contribution in [-0.4, -0.2) is 41.3 Å². The molecule has 2 unspecified atom stereocenters. The second-order valence-electron chi connectivity index (χ2n) is 6.22. The maximum absolute atomic E-state index is 11.4. The van der Waals surface area contributed by atoms with Gasteiger partial charge >= 0.3 is 6.01 Å². The number of amides is 1. The molecule has 21 heavy (non-hydrogen) atoms. The first-order valence-corrected chi connectivity index (χ1v) is 7.72. The Bertz CT molecular complexity index is 501. The van der Waals surface area contributed by atoms with Crippen LogP contribution in [-0.2, 0) is 11.3 Å². The van der Waals surface area contributed by atoms with Crippen molar-refractivity contribution in [1.29, 1.82) is 0 Å². The van der Waals surface area contributed by atoms with Gasteiger partial charge in [0, 0.05) is 31.6 Å². The summed E-state index contributed by atoms with van der Waals surface area (Å²) in [7, 11) is 0. The molecule has 3 heterocycles. The first kappa shape index (κ1) is 14.3. The van der Waals surface area contributed by atoms with E-state index in [0.717, 1.165) is 25.9 Å². The normalized spacial score (nSPS) is 25.9. The molecule has 3 rings (SSSR count). The third-order valence-corrected chi connectivity index (χ3v) is 4.21. The lowest BCUT2D eigenvalue weighted by molar-refractivity contribution is -0.124. The molecule has 7 nitrogen and oxygen atoms in total. The van der Waals surface area contributed by atoms with Crippen LogP contribution in [0.2, 0.25) is 0 Å². The fourth-order valence-corrected chi connectivity index (χ4v) is 3.02. The van der Waals surface area contributed by atoms with Crippen molar-refractivity contribution in [2.75, 3.05) is 18.0 Å². The maximum atomic E-state index is 11.4. The molecule has 0 spiro atoms. The standard InChI is InChI=1S/C14H23N5O2/c1-9(2)15-7-13-17-18-14(21-13)19-6-5-11-10(8-19)3-4-12(20)16-11/h9-11,15H,3-8H2,1-2H3,(H,16,20). The molecule has 2 N–H and O–H groups in total. The van der Waals surface area contributed by atoms with Crippen LogP contribution < -0.4 is 15.5 Å². The van der Waals surface area contributed by atoms with E-state index in [2.05, 4.69) is 39.6 Å². The van der Waals surface area contributed by atoms with Gasteiger partial charge in [-0.25, -0.2) is 0 Å². The van der Waals surface area contributed by atoms with Gasteiger partial charge in [0.1, 0.15) is 0 Å². The zero-order valence-electron chi connectivity index (χ0n) is 12.6. The lowest BCUT2D eigenvalue weighted by atomic mass is 9.85. The van der Waals surface area contributed by atoms with Crippen molar-refractivity contribution in [3.8, 4) is 0 Å². The lowest BCUT2D eigenvalue weighted by Gasteiger charge is -2.40. The lowest BCUT2D eigenvalue weighted by Crippen LogP contribution is -2.54. The van der Waals surface area contributed by atoms with Gasteiger partial charge in [0.25, 0.3) is 0 Å². The predicted molar refractivity (Wildman–Crippen MR) is 77.8 cm³/mol. The van der Waals surface area contributed by atoms with Gasteiger partial charge in [-0.15, -0.1) is 5.10 Å². The number of nitrogens with zero attached hydrogens (tertiary/aromatic N) is 3. The van der Waals surface area contributed by atoms with Gasteiger partial charge in [0.05, 0.1) is 6.54 Å². The maximum Gasteiger partial charge on any atom is 0.318 e. The quantitative estimate of drug-likeness (QED) is 0.849. The number of nitrogens with one attached hydrogen (secondary N) is 2. The summed E-state index contributed by atoms with van der Waals surface area (Å²) < 4.78 is 5.73. The summed E-state index contributed by atoms with van der Waals surface area (Å²) in [4.78, 5) is 13.6. The highest BCUT2D eigenvalue weighted by molar-refractivity contribution is 5.77.